The minimum atomic E-state index is -4.20. The minimum absolute atomic E-state index is 0.137. The van der Waals surface area contributed by atoms with Crippen molar-refractivity contribution < 1.29 is 31.1 Å². The van der Waals surface area contributed by atoms with Crippen LogP contribution in [0, 0.1) is 5.21 Å². The third-order valence-corrected chi connectivity index (χ3v) is 9.46. The van der Waals surface area contributed by atoms with Crippen molar-refractivity contribution in [2.24, 2.45) is 5.73 Å². The lowest BCUT2D eigenvalue weighted by Gasteiger charge is -2.42. The summed E-state index contributed by atoms with van der Waals surface area (Å²) in [5.41, 5.74) is 5.40. The third kappa shape index (κ3) is 3.85. The monoisotopic (exact) mass is 455 g/mol. The second-order valence-electron chi connectivity index (χ2n) is 7.31. The summed E-state index contributed by atoms with van der Waals surface area (Å²) in [5, 5.41) is 11.1. The van der Waals surface area contributed by atoms with Crippen LogP contribution in [0.4, 0.5) is 0 Å². The van der Waals surface area contributed by atoms with E-state index in [9.17, 15) is 26.8 Å². The van der Waals surface area contributed by atoms with Crippen LogP contribution in [0.3, 0.4) is 0 Å². The van der Waals surface area contributed by atoms with Gasteiger partial charge in [0.05, 0.1) is 15.4 Å². The fourth-order valence-electron chi connectivity index (χ4n) is 3.28. The average Bonchev–Trinajstić information content (AvgIpc) is 2.65. The molecular weight excluding hydrogens is 434 g/mol. The molecule has 0 radical (unpaired) electrons. The fraction of sp³-hybridized carbons (Fsp3) is 0.333. The molecule has 2 aromatic rings. The SMILES string of the molecule is CC1(C)[C@H](C(N)=O)N(S(=O)(=O)c2ccc(Oc3cc[n+]([O-])cc3)cc2)CCS1(=O)=O. The molecule has 0 bridgehead atoms. The van der Waals surface area contributed by atoms with E-state index in [-0.39, 0.29) is 11.4 Å². The summed E-state index contributed by atoms with van der Waals surface area (Å²) >= 11 is 0. The molecule has 1 aliphatic heterocycles. The summed E-state index contributed by atoms with van der Waals surface area (Å²) in [4.78, 5) is 11.9. The van der Waals surface area contributed by atoms with Gasteiger partial charge in [-0.25, -0.2) is 16.8 Å². The predicted molar refractivity (Wildman–Crippen MR) is 107 cm³/mol. The van der Waals surface area contributed by atoms with Gasteiger partial charge in [0.1, 0.15) is 17.5 Å². The molecule has 1 aromatic carbocycles. The number of nitrogens with two attached hydrogens (primary N) is 1. The van der Waals surface area contributed by atoms with Crippen LogP contribution in [0.15, 0.2) is 53.7 Å². The van der Waals surface area contributed by atoms with Crippen LogP contribution in [0.25, 0.3) is 0 Å². The number of ether oxygens (including phenoxy) is 1. The zero-order valence-electron chi connectivity index (χ0n) is 16.3. The molecule has 2 N–H and O–H groups in total. The number of aromatic nitrogens is 1. The van der Waals surface area contributed by atoms with Crippen LogP contribution in [-0.2, 0) is 24.7 Å². The number of primary amides is 1. The molecule has 1 saturated heterocycles. The lowest BCUT2D eigenvalue weighted by molar-refractivity contribution is -0.605. The molecule has 0 aliphatic carbocycles. The summed E-state index contributed by atoms with van der Waals surface area (Å²) < 4.78 is 56.4. The van der Waals surface area contributed by atoms with Crippen LogP contribution in [0.2, 0.25) is 0 Å². The number of hydrogen-bond acceptors (Lipinski definition) is 7. The smallest absolute Gasteiger partial charge is 0.243 e. The lowest BCUT2D eigenvalue weighted by Crippen LogP contribution is -2.66. The number of carbonyl (C=O) groups is 1. The fourth-order valence-corrected chi connectivity index (χ4v) is 6.74. The van der Waals surface area contributed by atoms with Gasteiger partial charge in [0.2, 0.25) is 15.9 Å². The normalized spacial score (nSPS) is 21.1. The molecule has 2 heterocycles. The molecule has 0 saturated carbocycles. The van der Waals surface area contributed by atoms with E-state index >= 15 is 0 Å². The first-order chi connectivity index (χ1) is 13.9. The van der Waals surface area contributed by atoms with Gasteiger partial charge in [-0.1, -0.05) is 0 Å². The number of sulfonamides is 1. The Balaban J connectivity index is 1.90. The van der Waals surface area contributed by atoms with Crippen molar-refractivity contribution in [2.45, 2.75) is 29.5 Å². The molecule has 1 fully saturated rings. The van der Waals surface area contributed by atoms with E-state index in [1.165, 1.54) is 62.6 Å². The average molecular weight is 456 g/mol. The summed E-state index contributed by atoms with van der Waals surface area (Å²) in [6, 6.07) is 6.76. The Bertz CT molecular complexity index is 1160. The van der Waals surface area contributed by atoms with Crippen LogP contribution < -0.4 is 15.2 Å². The maximum absolute atomic E-state index is 13.2. The van der Waals surface area contributed by atoms with Gasteiger partial charge in [-0.15, -0.1) is 0 Å². The van der Waals surface area contributed by atoms with Crippen LogP contribution >= 0.6 is 0 Å². The Morgan fingerprint density at radius 3 is 2.23 bits per heavy atom. The molecular formula is C18H21N3O7S2. The third-order valence-electron chi connectivity index (χ3n) is 5.04. The zero-order chi connectivity index (χ0) is 22.3. The van der Waals surface area contributed by atoms with E-state index < -0.39 is 42.3 Å². The largest absolute Gasteiger partial charge is 0.619 e. The number of nitrogens with zero attached hydrogens (tertiary/aromatic N) is 2. The van der Waals surface area contributed by atoms with Crippen molar-refractivity contribution >= 4 is 25.8 Å². The topological polar surface area (TPSA) is 151 Å². The molecule has 1 aliphatic rings. The van der Waals surface area contributed by atoms with Gasteiger partial charge in [-0.2, -0.15) is 9.04 Å². The highest BCUT2D eigenvalue weighted by Crippen LogP contribution is 2.34. The summed E-state index contributed by atoms with van der Waals surface area (Å²) in [5.74, 6) is -0.746. The molecule has 3 rings (SSSR count). The van der Waals surface area contributed by atoms with Gasteiger partial charge >= 0.3 is 0 Å². The lowest BCUT2D eigenvalue weighted by atomic mass is 10.0. The van der Waals surface area contributed by atoms with E-state index in [2.05, 4.69) is 0 Å². The second kappa shape index (κ2) is 7.52. The predicted octanol–water partition coefficient (Wildman–Crippen LogP) is 0.164. The number of sulfone groups is 1. The number of rotatable bonds is 5. The minimum Gasteiger partial charge on any atom is -0.619 e. The van der Waals surface area contributed by atoms with Crippen molar-refractivity contribution in [3.8, 4) is 11.5 Å². The summed E-state index contributed by atoms with van der Waals surface area (Å²) in [7, 11) is -7.93. The first-order valence-corrected chi connectivity index (χ1v) is 12.0. The maximum atomic E-state index is 13.2. The number of carbonyl (C=O) groups excluding carboxylic acids is 1. The van der Waals surface area contributed by atoms with E-state index in [0.717, 1.165) is 4.31 Å². The Labute approximate surface area is 174 Å². The molecule has 1 aromatic heterocycles. The molecule has 10 nitrogen and oxygen atoms in total. The first-order valence-electron chi connectivity index (χ1n) is 8.86. The second-order valence-corrected chi connectivity index (χ2v) is 11.9. The molecule has 1 atom stereocenters. The molecule has 30 heavy (non-hydrogen) atoms. The molecule has 0 spiro atoms. The highest BCUT2D eigenvalue weighted by molar-refractivity contribution is 7.93. The number of benzene rings is 1. The van der Waals surface area contributed by atoms with Crippen LogP contribution in [0.5, 0.6) is 11.5 Å². The highest BCUT2D eigenvalue weighted by atomic mass is 32.2. The van der Waals surface area contributed by atoms with E-state index in [4.69, 9.17) is 10.5 Å². The number of amides is 1. The van der Waals surface area contributed by atoms with Gasteiger partial charge in [-0.3, -0.25) is 4.79 Å². The Morgan fingerprint density at radius 2 is 1.70 bits per heavy atom. The molecule has 0 unspecified atom stereocenters. The molecule has 1 amide bonds. The first kappa shape index (κ1) is 22.0. The summed E-state index contributed by atoms with van der Waals surface area (Å²) in [6.45, 7) is 2.21. The summed E-state index contributed by atoms with van der Waals surface area (Å²) in [6.07, 6.45) is 2.51. The van der Waals surface area contributed by atoms with Crippen molar-refractivity contribution in [1.29, 1.82) is 0 Å². The Morgan fingerprint density at radius 1 is 1.17 bits per heavy atom. The van der Waals surface area contributed by atoms with E-state index in [1.807, 2.05) is 0 Å². The van der Waals surface area contributed by atoms with Gasteiger partial charge in [-0.05, 0) is 38.1 Å². The van der Waals surface area contributed by atoms with Crippen molar-refractivity contribution in [3.63, 3.8) is 0 Å². The number of pyridine rings is 1. The molecule has 162 valence electrons. The highest BCUT2D eigenvalue weighted by Gasteiger charge is 2.54. The van der Waals surface area contributed by atoms with Gasteiger partial charge in [0.25, 0.3) is 0 Å². The van der Waals surface area contributed by atoms with Crippen molar-refractivity contribution in [1.82, 2.24) is 4.31 Å². The maximum Gasteiger partial charge on any atom is 0.243 e. The van der Waals surface area contributed by atoms with E-state index in [1.54, 1.807) is 0 Å². The van der Waals surface area contributed by atoms with Gasteiger partial charge in [0, 0.05) is 18.7 Å². The van der Waals surface area contributed by atoms with Gasteiger partial charge in [0.15, 0.2) is 22.2 Å². The Kier molecular flexibility index (Phi) is 5.52. The molecule has 12 heteroatoms. The quantitative estimate of drug-likeness (QED) is 0.498. The van der Waals surface area contributed by atoms with Gasteiger partial charge < -0.3 is 15.7 Å². The van der Waals surface area contributed by atoms with Crippen LogP contribution in [-0.4, -0.2) is 50.1 Å². The number of hydrogen-bond donors (Lipinski definition) is 1. The van der Waals surface area contributed by atoms with Crippen LogP contribution in [0.1, 0.15) is 13.8 Å². The zero-order valence-corrected chi connectivity index (χ0v) is 17.9. The van der Waals surface area contributed by atoms with Crippen molar-refractivity contribution in [2.75, 3.05) is 12.3 Å². The van der Waals surface area contributed by atoms with Crippen molar-refractivity contribution in [3.05, 3.63) is 54.0 Å². The standard InChI is InChI=1S/C18H21N3O7S2/c1-18(2)16(17(19)22)21(11-12-29(18,24)25)30(26,27)15-5-3-13(4-6-15)28-14-7-9-20(23)10-8-14/h3-10,16H,11-12H2,1-2H3,(H2,19,22)/t16-/m0/s1. The Hall–Kier alpha value is -2.70. The van der Waals surface area contributed by atoms with E-state index in [0.29, 0.717) is 16.2 Å².